The third-order valence-electron chi connectivity index (χ3n) is 8.95. The lowest BCUT2D eigenvalue weighted by atomic mass is 9.39. The number of carbonyl (C=O) groups is 2. The molecule has 2 saturated carbocycles. The number of ether oxygens (including phenoxy) is 3. The molecule has 0 aromatic rings. The summed E-state index contributed by atoms with van der Waals surface area (Å²) < 4.78 is 18.0. The van der Waals surface area contributed by atoms with Crippen LogP contribution in [0.3, 0.4) is 0 Å². The van der Waals surface area contributed by atoms with Crippen LogP contribution >= 0.6 is 0 Å². The maximum absolute atomic E-state index is 12.3. The number of epoxide rings is 1. The fourth-order valence-electron chi connectivity index (χ4n) is 7.84. The van der Waals surface area contributed by atoms with E-state index in [1.165, 1.54) is 19.8 Å². The molecule has 3 fully saturated rings. The molecule has 1 saturated heterocycles. The molecule has 3 aliphatic carbocycles. The van der Waals surface area contributed by atoms with Gasteiger partial charge < -0.3 is 14.2 Å². The molecule has 2 aliphatic heterocycles. The van der Waals surface area contributed by atoms with Gasteiger partial charge >= 0.3 is 11.9 Å². The number of hydrogen-bond acceptors (Lipinski definition) is 5. The second-order valence-corrected chi connectivity index (χ2v) is 10.4. The van der Waals surface area contributed by atoms with E-state index in [4.69, 9.17) is 14.2 Å². The molecule has 0 N–H and O–H groups in total. The third-order valence-corrected chi connectivity index (χ3v) is 8.95. The number of fused-ring (bicyclic) bond motifs is 2. The van der Waals surface area contributed by atoms with Crippen LogP contribution in [0.4, 0.5) is 0 Å². The van der Waals surface area contributed by atoms with Gasteiger partial charge in [0.05, 0.1) is 11.5 Å². The molecule has 5 heteroatoms. The van der Waals surface area contributed by atoms with Crippen LogP contribution in [0, 0.1) is 22.2 Å². The minimum absolute atomic E-state index is 0.00891. The van der Waals surface area contributed by atoms with E-state index in [0.29, 0.717) is 18.9 Å². The van der Waals surface area contributed by atoms with Crippen molar-refractivity contribution in [1.29, 1.82) is 0 Å². The van der Waals surface area contributed by atoms with E-state index in [2.05, 4.69) is 27.7 Å². The average molecular weight is 374 g/mol. The molecule has 1 spiro atoms. The van der Waals surface area contributed by atoms with E-state index in [1.807, 2.05) is 0 Å². The minimum Gasteiger partial charge on any atom is -0.462 e. The van der Waals surface area contributed by atoms with Crippen molar-refractivity contribution in [2.45, 2.75) is 84.5 Å². The molecule has 2 heterocycles. The van der Waals surface area contributed by atoms with Gasteiger partial charge in [-0.05, 0) is 43.1 Å². The van der Waals surface area contributed by atoms with Crippen LogP contribution < -0.4 is 0 Å². The van der Waals surface area contributed by atoms with E-state index in [0.717, 1.165) is 24.0 Å². The molecule has 148 valence electrons. The summed E-state index contributed by atoms with van der Waals surface area (Å²) in [5.41, 5.74) is 1.11. The fraction of sp³-hybridized carbons (Fsp3) is 0.818. The molecule has 0 unspecified atom stereocenters. The summed E-state index contributed by atoms with van der Waals surface area (Å²) in [6, 6.07) is 0. The van der Waals surface area contributed by atoms with Gasteiger partial charge in [0.15, 0.2) is 0 Å². The number of esters is 2. The van der Waals surface area contributed by atoms with E-state index in [9.17, 15) is 9.59 Å². The van der Waals surface area contributed by atoms with Crippen LogP contribution in [0.15, 0.2) is 11.1 Å². The van der Waals surface area contributed by atoms with Gasteiger partial charge in [-0.1, -0.05) is 27.2 Å². The van der Waals surface area contributed by atoms with Gasteiger partial charge in [0, 0.05) is 24.3 Å². The topological polar surface area (TPSA) is 65.1 Å². The summed E-state index contributed by atoms with van der Waals surface area (Å²) in [5, 5.41) is 0. The lowest BCUT2D eigenvalue weighted by Crippen LogP contribution is -2.68. The van der Waals surface area contributed by atoms with E-state index < -0.39 is 5.41 Å². The monoisotopic (exact) mass is 374 g/mol. The summed E-state index contributed by atoms with van der Waals surface area (Å²) in [6.45, 7) is 11.1. The van der Waals surface area contributed by atoms with Crippen LogP contribution in [0.5, 0.6) is 0 Å². The predicted molar refractivity (Wildman–Crippen MR) is 97.7 cm³/mol. The Morgan fingerprint density at radius 1 is 1.19 bits per heavy atom. The van der Waals surface area contributed by atoms with E-state index in [1.54, 1.807) is 0 Å². The van der Waals surface area contributed by atoms with Crippen molar-refractivity contribution in [1.82, 2.24) is 0 Å². The van der Waals surface area contributed by atoms with Gasteiger partial charge in [-0.25, -0.2) is 4.79 Å². The first-order valence-corrected chi connectivity index (χ1v) is 10.3. The molecular formula is C22H30O5. The summed E-state index contributed by atoms with van der Waals surface area (Å²) >= 11 is 0. The Morgan fingerprint density at radius 3 is 2.63 bits per heavy atom. The second kappa shape index (κ2) is 4.97. The standard InChI is InChI=1S/C22H30O5/c1-12(23)26-16-10-15-19(2,3)7-6-8-20(15,4)22-17(27-22)9-13-14(21(16,22)5)11-25-18(13)24/h15-17H,6-11H2,1-5H3/t15-,16+,17-,20-,21+,22+/m0/s1. The maximum Gasteiger partial charge on any atom is 0.334 e. The molecule has 27 heavy (non-hydrogen) atoms. The van der Waals surface area contributed by atoms with Crippen LogP contribution in [0.1, 0.15) is 66.7 Å². The van der Waals surface area contributed by atoms with Crippen LogP contribution in [0.25, 0.3) is 0 Å². The largest absolute Gasteiger partial charge is 0.462 e. The molecule has 5 aliphatic rings. The summed E-state index contributed by atoms with van der Waals surface area (Å²) in [5.74, 6) is -0.0572. The number of carbonyl (C=O) groups excluding carboxylic acids is 2. The minimum atomic E-state index is -0.498. The first-order chi connectivity index (χ1) is 12.6. The highest BCUT2D eigenvalue weighted by Gasteiger charge is 2.84. The highest BCUT2D eigenvalue weighted by molar-refractivity contribution is 5.93. The zero-order chi connectivity index (χ0) is 19.4. The van der Waals surface area contributed by atoms with Crippen molar-refractivity contribution < 1.29 is 23.8 Å². The van der Waals surface area contributed by atoms with Crippen LogP contribution in [0.2, 0.25) is 0 Å². The van der Waals surface area contributed by atoms with Crippen molar-refractivity contribution in [2.24, 2.45) is 22.2 Å². The quantitative estimate of drug-likeness (QED) is 0.519. The molecule has 0 aromatic carbocycles. The van der Waals surface area contributed by atoms with E-state index in [-0.39, 0.29) is 40.6 Å². The zero-order valence-corrected chi connectivity index (χ0v) is 17.0. The van der Waals surface area contributed by atoms with Crippen molar-refractivity contribution >= 4 is 11.9 Å². The third kappa shape index (κ3) is 1.85. The summed E-state index contributed by atoms with van der Waals surface area (Å²) in [7, 11) is 0. The van der Waals surface area contributed by atoms with Crippen molar-refractivity contribution in [2.75, 3.05) is 6.61 Å². The SMILES string of the molecule is CC(=O)O[C@@H]1C[C@H]2C(C)(C)CCC[C@]2(C)[C@]23O[C@H]2CC2=C(COC2=O)[C@]13C. The molecule has 0 radical (unpaired) electrons. The Kier molecular flexibility index (Phi) is 3.26. The Balaban J connectivity index is 1.71. The molecule has 0 bridgehead atoms. The lowest BCUT2D eigenvalue weighted by molar-refractivity contribution is -0.200. The Bertz CT molecular complexity index is 782. The smallest absolute Gasteiger partial charge is 0.334 e. The van der Waals surface area contributed by atoms with Crippen LogP contribution in [-0.4, -0.2) is 36.4 Å². The first-order valence-electron chi connectivity index (χ1n) is 10.3. The maximum atomic E-state index is 12.3. The van der Waals surface area contributed by atoms with Crippen LogP contribution in [-0.2, 0) is 23.8 Å². The molecular weight excluding hydrogens is 344 g/mol. The molecule has 0 aromatic heterocycles. The normalized spacial score (nSPS) is 49.4. The van der Waals surface area contributed by atoms with Gasteiger partial charge in [0.25, 0.3) is 0 Å². The number of hydrogen-bond donors (Lipinski definition) is 0. The van der Waals surface area contributed by atoms with Gasteiger partial charge in [0.2, 0.25) is 0 Å². The second-order valence-electron chi connectivity index (χ2n) is 10.4. The van der Waals surface area contributed by atoms with Gasteiger partial charge in [-0.15, -0.1) is 0 Å². The van der Waals surface area contributed by atoms with Gasteiger partial charge in [-0.2, -0.15) is 0 Å². The van der Waals surface area contributed by atoms with Crippen molar-refractivity contribution in [3.63, 3.8) is 0 Å². The summed E-state index contributed by atoms with van der Waals surface area (Å²) in [4.78, 5) is 24.4. The first kappa shape index (κ1) is 17.7. The number of rotatable bonds is 1. The highest BCUT2D eigenvalue weighted by Crippen LogP contribution is 2.78. The van der Waals surface area contributed by atoms with Gasteiger partial charge in [-0.3, -0.25) is 4.79 Å². The van der Waals surface area contributed by atoms with Gasteiger partial charge in [0.1, 0.15) is 18.3 Å². The molecule has 5 rings (SSSR count). The van der Waals surface area contributed by atoms with Crippen molar-refractivity contribution in [3.8, 4) is 0 Å². The number of cyclic esters (lactones) is 1. The predicted octanol–water partition coefficient (Wildman–Crippen LogP) is 3.56. The average Bonchev–Trinajstić information content (AvgIpc) is 3.20. The fourth-order valence-corrected chi connectivity index (χ4v) is 7.84. The van der Waals surface area contributed by atoms with Crippen molar-refractivity contribution in [3.05, 3.63) is 11.1 Å². The molecule has 0 amide bonds. The highest BCUT2D eigenvalue weighted by atomic mass is 16.6. The Labute approximate surface area is 160 Å². The zero-order valence-electron chi connectivity index (χ0n) is 17.0. The van der Waals surface area contributed by atoms with E-state index >= 15 is 0 Å². The lowest BCUT2D eigenvalue weighted by Gasteiger charge is -2.64. The molecule has 5 nitrogen and oxygen atoms in total. The molecule has 6 atom stereocenters. The Hall–Kier alpha value is -1.36. The summed E-state index contributed by atoms with van der Waals surface area (Å²) in [6.07, 6.45) is 4.70. The Morgan fingerprint density at radius 2 is 1.93 bits per heavy atom.